The van der Waals surface area contributed by atoms with Crippen LogP contribution in [0.15, 0.2) is 34.6 Å². The summed E-state index contributed by atoms with van der Waals surface area (Å²) in [6.07, 6.45) is 1.91. The molecule has 2 aromatic rings. The summed E-state index contributed by atoms with van der Waals surface area (Å²) in [4.78, 5) is 12.4. The zero-order valence-corrected chi connectivity index (χ0v) is 12.0. The number of aromatic nitrogens is 3. The third kappa shape index (κ3) is 3.76. The third-order valence-corrected chi connectivity index (χ3v) is 3.79. The highest BCUT2D eigenvalue weighted by Gasteiger charge is 2.04. The maximum Gasteiger partial charge on any atom is 0.225 e. The lowest BCUT2D eigenvalue weighted by Gasteiger charge is -2.03. The van der Waals surface area contributed by atoms with Gasteiger partial charge in [0.05, 0.1) is 0 Å². The fourth-order valence-corrected chi connectivity index (χ4v) is 2.58. The van der Waals surface area contributed by atoms with Crippen LogP contribution in [0.3, 0.4) is 0 Å². The molecule has 0 unspecified atom stereocenters. The molecule has 0 saturated carbocycles. The van der Waals surface area contributed by atoms with E-state index in [-0.39, 0.29) is 5.95 Å². The maximum atomic E-state index is 5.83. The largest absolute Gasteiger partial charge is 0.368 e. The normalized spacial score (nSPS) is 10.6. The Balaban J connectivity index is 2.05. The van der Waals surface area contributed by atoms with Crippen LogP contribution in [-0.2, 0) is 5.75 Å². The molecule has 0 saturated heterocycles. The number of nitrogens with zero attached hydrogens (tertiary/aromatic N) is 3. The van der Waals surface area contributed by atoms with Gasteiger partial charge in [-0.3, -0.25) is 0 Å². The topological polar surface area (TPSA) is 64.7 Å². The van der Waals surface area contributed by atoms with Gasteiger partial charge in [0.15, 0.2) is 10.3 Å². The maximum absolute atomic E-state index is 5.83. The van der Waals surface area contributed by atoms with Gasteiger partial charge in [0.25, 0.3) is 0 Å². The second-order valence-electron chi connectivity index (χ2n) is 3.38. The van der Waals surface area contributed by atoms with Crippen LogP contribution in [0.1, 0.15) is 5.56 Å². The van der Waals surface area contributed by atoms with Gasteiger partial charge in [-0.2, -0.15) is 15.0 Å². The second kappa shape index (κ2) is 6.26. The highest BCUT2D eigenvalue weighted by Crippen LogP contribution is 2.22. The first kappa shape index (κ1) is 13.5. The predicted octanol–water partition coefficient (Wildman–Crippen LogP) is 3.12. The van der Waals surface area contributed by atoms with Gasteiger partial charge in [0.1, 0.15) is 0 Å². The van der Waals surface area contributed by atoms with Gasteiger partial charge in [-0.15, -0.1) is 0 Å². The standard InChI is InChI=1S/C11H11ClN4S2/c1-17-10-14-9(13)15-11(16-10)18-6-7-2-4-8(12)5-3-7/h2-5H,6H2,1H3,(H2,13,14,15,16). The van der Waals surface area contributed by atoms with Crippen molar-refractivity contribution in [2.24, 2.45) is 0 Å². The van der Waals surface area contributed by atoms with Crippen molar-refractivity contribution in [2.75, 3.05) is 12.0 Å². The van der Waals surface area contributed by atoms with E-state index in [4.69, 9.17) is 17.3 Å². The summed E-state index contributed by atoms with van der Waals surface area (Å²) < 4.78 is 0. The summed E-state index contributed by atoms with van der Waals surface area (Å²) in [5, 5.41) is 2.01. The van der Waals surface area contributed by atoms with Crippen LogP contribution in [0.25, 0.3) is 0 Å². The van der Waals surface area contributed by atoms with Crippen LogP contribution in [0, 0.1) is 0 Å². The van der Waals surface area contributed by atoms with E-state index in [1.165, 1.54) is 23.5 Å². The molecule has 0 aliphatic rings. The number of halogens is 1. The molecule has 1 aromatic carbocycles. The minimum atomic E-state index is 0.257. The Hall–Kier alpha value is -0.980. The number of nitrogen functional groups attached to an aromatic ring is 1. The molecule has 0 spiro atoms. The molecule has 2 N–H and O–H groups in total. The average molecular weight is 299 g/mol. The molecular weight excluding hydrogens is 288 g/mol. The molecule has 4 nitrogen and oxygen atoms in total. The van der Waals surface area contributed by atoms with Crippen molar-refractivity contribution in [1.29, 1.82) is 0 Å². The van der Waals surface area contributed by atoms with Crippen molar-refractivity contribution in [3.8, 4) is 0 Å². The Morgan fingerprint density at radius 3 is 2.44 bits per heavy atom. The van der Waals surface area contributed by atoms with E-state index in [9.17, 15) is 0 Å². The van der Waals surface area contributed by atoms with Crippen molar-refractivity contribution in [3.05, 3.63) is 34.9 Å². The first-order valence-corrected chi connectivity index (χ1v) is 7.69. The Bertz CT molecular complexity index is 533. The molecule has 2 rings (SSSR count). The van der Waals surface area contributed by atoms with E-state index in [0.717, 1.165) is 16.3 Å². The van der Waals surface area contributed by atoms with E-state index in [2.05, 4.69) is 15.0 Å². The van der Waals surface area contributed by atoms with Gasteiger partial charge in [-0.1, -0.05) is 47.3 Å². The van der Waals surface area contributed by atoms with Crippen molar-refractivity contribution >= 4 is 41.1 Å². The number of benzene rings is 1. The lowest BCUT2D eigenvalue weighted by atomic mass is 10.2. The lowest BCUT2D eigenvalue weighted by molar-refractivity contribution is 0.814. The SMILES string of the molecule is CSc1nc(N)nc(SCc2ccc(Cl)cc2)n1. The fourth-order valence-electron chi connectivity index (χ4n) is 1.24. The van der Waals surface area contributed by atoms with Crippen LogP contribution >= 0.6 is 35.1 Å². The Morgan fingerprint density at radius 2 is 1.78 bits per heavy atom. The molecule has 1 heterocycles. The third-order valence-electron chi connectivity index (χ3n) is 2.08. The monoisotopic (exact) mass is 298 g/mol. The molecule has 0 radical (unpaired) electrons. The molecule has 7 heteroatoms. The molecule has 0 fully saturated rings. The number of nitrogens with two attached hydrogens (primary N) is 1. The van der Waals surface area contributed by atoms with Crippen LogP contribution in [0.4, 0.5) is 5.95 Å². The second-order valence-corrected chi connectivity index (χ2v) is 5.53. The lowest BCUT2D eigenvalue weighted by Crippen LogP contribution is -2.00. The van der Waals surface area contributed by atoms with E-state index in [1.54, 1.807) is 0 Å². The number of hydrogen-bond acceptors (Lipinski definition) is 6. The first-order chi connectivity index (χ1) is 8.67. The zero-order valence-electron chi connectivity index (χ0n) is 9.63. The van der Waals surface area contributed by atoms with E-state index >= 15 is 0 Å². The van der Waals surface area contributed by atoms with Gasteiger partial charge in [0.2, 0.25) is 5.95 Å². The van der Waals surface area contributed by atoms with Gasteiger partial charge in [-0.05, 0) is 24.0 Å². The van der Waals surface area contributed by atoms with Crippen molar-refractivity contribution < 1.29 is 0 Å². The summed E-state index contributed by atoms with van der Waals surface area (Å²) in [7, 11) is 0. The summed E-state index contributed by atoms with van der Waals surface area (Å²) >= 11 is 8.80. The van der Waals surface area contributed by atoms with Crippen LogP contribution < -0.4 is 5.73 Å². The highest BCUT2D eigenvalue weighted by molar-refractivity contribution is 7.99. The van der Waals surface area contributed by atoms with E-state index < -0.39 is 0 Å². The van der Waals surface area contributed by atoms with E-state index in [0.29, 0.717) is 10.3 Å². The summed E-state index contributed by atoms with van der Waals surface area (Å²) in [6, 6.07) is 7.70. The molecule has 1 aromatic heterocycles. The molecular formula is C11H11ClN4S2. The van der Waals surface area contributed by atoms with Crippen LogP contribution in [-0.4, -0.2) is 21.2 Å². The van der Waals surface area contributed by atoms with Crippen molar-refractivity contribution in [3.63, 3.8) is 0 Å². The smallest absolute Gasteiger partial charge is 0.225 e. The number of thioether (sulfide) groups is 2. The van der Waals surface area contributed by atoms with Crippen molar-refractivity contribution in [2.45, 2.75) is 16.1 Å². The first-order valence-electron chi connectivity index (χ1n) is 5.10. The summed E-state index contributed by atoms with van der Waals surface area (Å²) in [5.41, 5.74) is 6.78. The predicted molar refractivity (Wildman–Crippen MR) is 77.0 cm³/mol. The van der Waals surface area contributed by atoms with Crippen LogP contribution in [0.2, 0.25) is 5.02 Å². The van der Waals surface area contributed by atoms with Gasteiger partial charge in [-0.25, -0.2) is 0 Å². The molecule has 0 atom stereocenters. The fraction of sp³-hybridized carbons (Fsp3) is 0.182. The minimum absolute atomic E-state index is 0.257. The van der Waals surface area contributed by atoms with Gasteiger partial charge < -0.3 is 5.73 Å². The molecule has 94 valence electrons. The Kier molecular flexibility index (Phi) is 4.68. The Morgan fingerprint density at radius 1 is 1.11 bits per heavy atom. The molecule has 0 aliphatic heterocycles. The minimum Gasteiger partial charge on any atom is -0.368 e. The van der Waals surface area contributed by atoms with Crippen LogP contribution in [0.5, 0.6) is 0 Å². The molecule has 0 amide bonds. The van der Waals surface area contributed by atoms with E-state index in [1.807, 2.05) is 30.5 Å². The zero-order chi connectivity index (χ0) is 13.0. The molecule has 18 heavy (non-hydrogen) atoms. The Labute approximate surface area is 119 Å². The van der Waals surface area contributed by atoms with Gasteiger partial charge >= 0.3 is 0 Å². The highest BCUT2D eigenvalue weighted by atomic mass is 35.5. The number of anilines is 1. The quantitative estimate of drug-likeness (QED) is 0.875. The summed E-state index contributed by atoms with van der Waals surface area (Å²) in [5.74, 6) is 1.03. The summed E-state index contributed by atoms with van der Waals surface area (Å²) in [6.45, 7) is 0. The van der Waals surface area contributed by atoms with Crippen molar-refractivity contribution in [1.82, 2.24) is 15.0 Å². The van der Waals surface area contributed by atoms with Gasteiger partial charge in [0, 0.05) is 10.8 Å². The molecule has 0 bridgehead atoms. The number of rotatable bonds is 4. The number of hydrogen-bond donors (Lipinski definition) is 1. The molecule has 0 aliphatic carbocycles. The average Bonchev–Trinajstić information content (AvgIpc) is 2.37.